The lowest BCUT2D eigenvalue weighted by Crippen LogP contribution is -2.52. The second kappa shape index (κ2) is 6.09. The van der Waals surface area contributed by atoms with Crippen LogP contribution in [0.5, 0.6) is 0 Å². The molecule has 0 aliphatic heterocycles. The number of carbonyl (C=O) groups is 1. The minimum Gasteiger partial charge on any atom is -0.292 e. The highest BCUT2D eigenvalue weighted by molar-refractivity contribution is 6.04. The van der Waals surface area contributed by atoms with Gasteiger partial charge in [0.05, 0.1) is 5.54 Å². The molecule has 2 nitrogen and oxygen atoms in total. The van der Waals surface area contributed by atoms with E-state index in [-0.39, 0.29) is 5.54 Å². The van der Waals surface area contributed by atoms with Crippen molar-refractivity contribution in [2.75, 3.05) is 13.1 Å². The number of hydrogen-bond donors (Lipinski definition) is 0. The van der Waals surface area contributed by atoms with Gasteiger partial charge in [0.2, 0.25) is 0 Å². The van der Waals surface area contributed by atoms with E-state index in [4.69, 9.17) is 0 Å². The Labute approximate surface area is 123 Å². The van der Waals surface area contributed by atoms with Gasteiger partial charge in [-0.25, -0.2) is 0 Å². The molecular formula is C18H27NO. The second-order valence-corrected chi connectivity index (χ2v) is 6.06. The van der Waals surface area contributed by atoms with Crippen LogP contribution in [0.1, 0.15) is 61.0 Å². The first-order chi connectivity index (χ1) is 9.55. The highest BCUT2D eigenvalue weighted by atomic mass is 16.1. The molecule has 2 heteroatoms. The molecule has 0 atom stereocenters. The number of aryl methyl sites for hydroxylation is 2. The third kappa shape index (κ3) is 2.54. The molecule has 1 fully saturated rings. The van der Waals surface area contributed by atoms with Crippen LogP contribution < -0.4 is 0 Å². The Morgan fingerprint density at radius 2 is 1.75 bits per heavy atom. The molecule has 0 spiro atoms. The van der Waals surface area contributed by atoms with Crippen LogP contribution in [0.4, 0.5) is 0 Å². The van der Waals surface area contributed by atoms with Crippen LogP contribution in [0.15, 0.2) is 18.2 Å². The molecule has 0 N–H and O–H groups in total. The molecule has 0 bridgehead atoms. The molecule has 20 heavy (non-hydrogen) atoms. The zero-order valence-corrected chi connectivity index (χ0v) is 13.3. The predicted octanol–water partition coefficient (Wildman–Crippen LogP) is 4.14. The van der Waals surface area contributed by atoms with Crippen molar-refractivity contribution in [3.63, 3.8) is 0 Å². The van der Waals surface area contributed by atoms with Crippen molar-refractivity contribution in [1.82, 2.24) is 4.90 Å². The van der Waals surface area contributed by atoms with Gasteiger partial charge in [-0.05, 0) is 51.4 Å². The SMILES string of the molecule is CCN(CC)C1(C(=O)c2cc(C)ccc2C)CCCC1. The third-order valence-electron chi connectivity index (χ3n) is 4.86. The van der Waals surface area contributed by atoms with Gasteiger partial charge in [0.1, 0.15) is 0 Å². The fraction of sp³-hybridized carbons (Fsp3) is 0.611. The van der Waals surface area contributed by atoms with E-state index in [0.717, 1.165) is 37.1 Å². The van der Waals surface area contributed by atoms with E-state index in [0.29, 0.717) is 5.78 Å². The molecular weight excluding hydrogens is 246 g/mol. The molecule has 1 aliphatic rings. The molecule has 110 valence electrons. The molecule has 2 rings (SSSR count). The average molecular weight is 273 g/mol. The minimum atomic E-state index is -0.248. The molecule has 0 aromatic heterocycles. The van der Waals surface area contributed by atoms with Crippen LogP contribution in [0.25, 0.3) is 0 Å². The van der Waals surface area contributed by atoms with E-state index < -0.39 is 0 Å². The summed E-state index contributed by atoms with van der Waals surface area (Å²) >= 11 is 0. The lowest BCUT2D eigenvalue weighted by Gasteiger charge is -2.39. The van der Waals surface area contributed by atoms with E-state index in [2.05, 4.69) is 50.8 Å². The number of ketones is 1. The summed E-state index contributed by atoms with van der Waals surface area (Å²) in [6.07, 6.45) is 4.38. The lowest BCUT2D eigenvalue weighted by molar-refractivity contribution is 0.0583. The predicted molar refractivity (Wildman–Crippen MR) is 84.4 cm³/mol. The van der Waals surface area contributed by atoms with Gasteiger partial charge in [-0.15, -0.1) is 0 Å². The van der Waals surface area contributed by atoms with E-state index >= 15 is 0 Å². The van der Waals surface area contributed by atoms with Gasteiger partial charge < -0.3 is 0 Å². The summed E-state index contributed by atoms with van der Waals surface area (Å²) < 4.78 is 0. The van der Waals surface area contributed by atoms with Gasteiger partial charge in [0, 0.05) is 5.56 Å². The number of rotatable bonds is 5. The highest BCUT2D eigenvalue weighted by Gasteiger charge is 2.45. The Morgan fingerprint density at radius 3 is 2.30 bits per heavy atom. The first-order valence-corrected chi connectivity index (χ1v) is 7.92. The Balaban J connectivity index is 2.44. The maximum atomic E-state index is 13.3. The average Bonchev–Trinajstić information content (AvgIpc) is 2.93. The van der Waals surface area contributed by atoms with Crippen molar-refractivity contribution in [1.29, 1.82) is 0 Å². The summed E-state index contributed by atoms with van der Waals surface area (Å²) in [6.45, 7) is 10.4. The summed E-state index contributed by atoms with van der Waals surface area (Å²) in [5.74, 6) is 0.347. The molecule has 0 amide bonds. The monoisotopic (exact) mass is 273 g/mol. The Bertz CT molecular complexity index is 482. The summed E-state index contributed by atoms with van der Waals surface area (Å²) in [5.41, 5.74) is 2.96. The van der Waals surface area contributed by atoms with Gasteiger partial charge in [-0.3, -0.25) is 9.69 Å². The zero-order chi connectivity index (χ0) is 14.8. The highest BCUT2D eigenvalue weighted by Crippen LogP contribution is 2.38. The maximum absolute atomic E-state index is 13.3. The molecule has 0 saturated heterocycles. The van der Waals surface area contributed by atoms with Crippen molar-refractivity contribution in [3.8, 4) is 0 Å². The number of carbonyl (C=O) groups excluding carboxylic acids is 1. The van der Waals surface area contributed by atoms with Crippen molar-refractivity contribution >= 4 is 5.78 Å². The van der Waals surface area contributed by atoms with Gasteiger partial charge in [0.15, 0.2) is 5.78 Å². The van der Waals surface area contributed by atoms with E-state index in [1.807, 2.05) is 0 Å². The van der Waals surface area contributed by atoms with Gasteiger partial charge in [0.25, 0.3) is 0 Å². The number of Topliss-reactive ketones (excluding diaryl/α,β-unsaturated/α-hetero) is 1. The lowest BCUT2D eigenvalue weighted by atomic mass is 9.83. The first-order valence-electron chi connectivity index (χ1n) is 7.92. The van der Waals surface area contributed by atoms with Crippen LogP contribution in [0, 0.1) is 13.8 Å². The fourth-order valence-corrected chi connectivity index (χ4v) is 3.71. The van der Waals surface area contributed by atoms with Crippen LogP contribution in [0.3, 0.4) is 0 Å². The van der Waals surface area contributed by atoms with Crippen LogP contribution >= 0.6 is 0 Å². The summed E-state index contributed by atoms with van der Waals surface area (Å²) in [6, 6.07) is 6.24. The van der Waals surface area contributed by atoms with Crippen LogP contribution in [0.2, 0.25) is 0 Å². The summed E-state index contributed by atoms with van der Waals surface area (Å²) in [7, 11) is 0. The van der Waals surface area contributed by atoms with Gasteiger partial charge in [-0.1, -0.05) is 44.4 Å². The molecule has 1 aromatic carbocycles. The molecule has 0 radical (unpaired) electrons. The maximum Gasteiger partial charge on any atom is 0.183 e. The fourth-order valence-electron chi connectivity index (χ4n) is 3.71. The van der Waals surface area contributed by atoms with E-state index in [1.165, 1.54) is 18.4 Å². The normalized spacial score (nSPS) is 17.6. The van der Waals surface area contributed by atoms with Crippen molar-refractivity contribution in [3.05, 3.63) is 34.9 Å². The van der Waals surface area contributed by atoms with E-state index in [1.54, 1.807) is 0 Å². The first kappa shape index (κ1) is 15.2. The molecule has 1 saturated carbocycles. The standard InChI is InChI=1S/C18H27NO/c1-5-19(6-2)18(11-7-8-12-18)17(20)16-13-14(3)9-10-15(16)4/h9-10,13H,5-8,11-12H2,1-4H3. The summed E-state index contributed by atoms with van der Waals surface area (Å²) in [4.78, 5) is 15.6. The number of likely N-dealkylation sites (N-methyl/N-ethyl adjacent to an activating group) is 1. The zero-order valence-electron chi connectivity index (χ0n) is 13.3. The smallest absolute Gasteiger partial charge is 0.183 e. The molecule has 1 aromatic rings. The van der Waals surface area contributed by atoms with Crippen molar-refractivity contribution in [2.45, 2.75) is 58.9 Å². The molecule has 1 aliphatic carbocycles. The minimum absolute atomic E-state index is 0.248. The Morgan fingerprint density at radius 1 is 1.15 bits per heavy atom. The quantitative estimate of drug-likeness (QED) is 0.751. The summed E-state index contributed by atoms with van der Waals surface area (Å²) in [5, 5.41) is 0. The van der Waals surface area contributed by atoms with Crippen molar-refractivity contribution in [2.24, 2.45) is 0 Å². The molecule has 0 heterocycles. The topological polar surface area (TPSA) is 20.3 Å². The second-order valence-electron chi connectivity index (χ2n) is 6.06. The van der Waals surface area contributed by atoms with Gasteiger partial charge >= 0.3 is 0 Å². The Hall–Kier alpha value is -1.15. The number of nitrogens with zero attached hydrogens (tertiary/aromatic N) is 1. The largest absolute Gasteiger partial charge is 0.292 e. The van der Waals surface area contributed by atoms with Crippen LogP contribution in [-0.2, 0) is 0 Å². The van der Waals surface area contributed by atoms with E-state index in [9.17, 15) is 4.79 Å². The number of benzene rings is 1. The van der Waals surface area contributed by atoms with Gasteiger partial charge in [-0.2, -0.15) is 0 Å². The molecule has 0 unspecified atom stereocenters. The Kier molecular flexibility index (Phi) is 4.64. The number of hydrogen-bond acceptors (Lipinski definition) is 2. The third-order valence-corrected chi connectivity index (χ3v) is 4.86. The van der Waals surface area contributed by atoms with Crippen LogP contribution in [-0.4, -0.2) is 29.3 Å². The van der Waals surface area contributed by atoms with Crippen molar-refractivity contribution < 1.29 is 4.79 Å².